The number of Topliss-reactive ketones (excluding diaryl/α,β-unsaturated/α-hetero) is 1. The average Bonchev–Trinajstić information content (AvgIpc) is 2.64. The molecule has 1 aliphatic carbocycles. The number of piperidine rings is 1. The van der Waals surface area contributed by atoms with Gasteiger partial charge in [-0.05, 0) is 43.0 Å². The Kier molecular flexibility index (Phi) is 6.71. The summed E-state index contributed by atoms with van der Waals surface area (Å²) in [6.45, 7) is 4.55. The maximum absolute atomic E-state index is 12.6. The molecule has 5 heteroatoms. The Balaban J connectivity index is 1.44. The van der Waals surface area contributed by atoms with Crippen LogP contribution in [0.2, 0.25) is 5.02 Å². The van der Waals surface area contributed by atoms with Crippen molar-refractivity contribution in [3.8, 4) is 0 Å². The lowest BCUT2D eigenvalue weighted by Crippen LogP contribution is -3.14. The summed E-state index contributed by atoms with van der Waals surface area (Å²) in [6, 6.07) is 7.50. The number of halogens is 1. The first kappa shape index (κ1) is 19.4. The van der Waals surface area contributed by atoms with Crippen LogP contribution in [-0.2, 0) is 4.79 Å². The van der Waals surface area contributed by atoms with Gasteiger partial charge in [-0.2, -0.15) is 0 Å². The lowest BCUT2D eigenvalue weighted by atomic mass is 9.86. The van der Waals surface area contributed by atoms with Crippen molar-refractivity contribution in [3.63, 3.8) is 0 Å². The molecule has 0 unspecified atom stereocenters. The van der Waals surface area contributed by atoms with Gasteiger partial charge in [0.25, 0.3) is 5.91 Å². The lowest BCUT2D eigenvalue weighted by Gasteiger charge is -2.31. The fourth-order valence-electron chi connectivity index (χ4n) is 4.33. The van der Waals surface area contributed by atoms with E-state index >= 15 is 0 Å². The van der Waals surface area contributed by atoms with Crippen LogP contribution in [0.3, 0.4) is 0 Å². The topological polar surface area (TPSA) is 50.6 Å². The Morgan fingerprint density at radius 2 is 1.73 bits per heavy atom. The second-order valence-corrected chi connectivity index (χ2v) is 8.44. The molecule has 3 rings (SSSR count). The van der Waals surface area contributed by atoms with Gasteiger partial charge in [0.15, 0.2) is 12.3 Å². The summed E-state index contributed by atoms with van der Waals surface area (Å²) in [5.74, 6) is 1.04. The van der Waals surface area contributed by atoms with Crippen LogP contribution in [0.4, 0.5) is 0 Å². The molecule has 2 atom stereocenters. The number of nitrogens with one attached hydrogen (secondary N) is 2. The Morgan fingerprint density at radius 3 is 2.38 bits per heavy atom. The Morgan fingerprint density at radius 1 is 1.08 bits per heavy atom. The molecule has 0 bridgehead atoms. The van der Waals surface area contributed by atoms with E-state index in [1.807, 2.05) is 12.1 Å². The zero-order chi connectivity index (χ0) is 18.5. The summed E-state index contributed by atoms with van der Waals surface area (Å²) in [4.78, 5) is 26.3. The first-order valence-corrected chi connectivity index (χ1v) is 10.3. The van der Waals surface area contributed by atoms with Crippen molar-refractivity contribution in [2.45, 2.75) is 51.5 Å². The SMILES string of the molecule is C[C@H]1CCCC[C@@H]1NC(=O)C[NH+]1CCC(C(=O)c2ccc(Cl)cc2)CC1. The highest BCUT2D eigenvalue weighted by molar-refractivity contribution is 6.30. The summed E-state index contributed by atoms with van der Waals surface area (Å²) < 4.78 is 0. The van der Waals surface area contributed by atoms with Crippen molar-refractivity contribution >= 4 is 23.3 Å². The first-order chi connectivity index (χ1) is 12.5. The van der Waals surface area contributed by atoms with E-state index in [1.54, 1.807) is 12.1 Å². The molecule has 2 fully saturated rings. The first-order valence-electron chi connectivity index (χ1n) is 9.95. The molecule has 0 aromatic heterocycles. The van der Waals surface area contributed by atoms with Gasteiger partial charge in [0, 0.05) is 35.4 Å². The summed E-state index contributed by atoms with van der Waals surface area (Å²) in [6.07, 6.45) is 6.54. The van der Waals surface area contributed by atoms with Crippen LogP contribution in [0.5, 0.6) is 0 Å². The van der Waals surface area contributed by atoms with Crippen LogP contribution in [0.1, 0.15) is 55.8 Å². The number of benzene rings is 1. The molecule has 4 nitrogen and oxygen atoms in total. The highest BCUT2D eigenvalue weighted by Gasteiger charge is 2.30. The minimum Gasteiger partial charge on any atom is -0.348 e. The van der Waals surface area contributed by atoms with E-state index < -0.39 is 0 Å². The predicted molar refractivity (Wildman–Crippen MR) is 104 cm³/mol. The largest absolute Gasteiger partial charge is 0.348 e. The molecule has 142 valence electrons. The number of amides is 1. The maximum Gasteiger partial charge on any atom is 0.275 e. The van der Waals surface area contributed by atoms with E-state index in [4.69, 9.17) is 11.6 Å². The molecule has 2 aliphatic rings. The quantitative estimate of drug-likeness (QED) is 0.774. The van der Waals surface area contributed by atoms with Gasteiger partial charge in [-0.25, -0.2) is 0 Å². The van der Waals surface area contributed by atoms with Gasteiger partial charge in [0.05, 0.1) is 13.1 Å². The lowest BCUT2D eigenvalue weighted by molar-refractivity contribution is -0.897. The number of quaternary nitrogens is 1. The molecular formula is C21H30ClN2O2+. The fraction of sp³-hybridized carbons (Fsp3) is 0.619. The minimum atomic E-state index is 0.0707. The van der Waals surface area contributed by atoms with Crippen LogP contribution in [0, 0.1) is 11.8 Å². The van der Waals surface area contributed by atoms with E-state index in [2.05, 4.69) is 12.2 Å². The third-order valence-electron chi connectivity index (χ3n) is 6.06. The molecular weight excluding hydrogens is 348 g/mol. The smallest absolute Gasteiger partial charge is 0.275 e. The molecule has 1 aliphatic heterocycles. The van der Waals surface area contributed by atoms with Gasteiger partial charge in [-0.15, -0.1) is 0 Å². The van der Waals surface area contributed by atoms with E-state index in [9.17, 15) is 9.59 Å². The van der Waals surface area contributed by atoms with E-state index in [0.717, 1.165) is 37.9 Å². The van der Waals surface area contributed by atoms with Crippen molar-refractivity contribution in [3.05, 3.63) is 34.9 Å². The third kappa shape index (κ3) is 5.08. The van der Waals surface area contributed by atoms with Crippen molar-refractivity contribution in [1.29, 1.82) is 0 Å². The van der Waals surface area contributed by atoms with Crippen molar-refractivity contribution < 1.29 is 14.5 Å². The number of carbonyl (C=O) groups is 2. The number of hydrogen-bond acceptors (Lipinski definition) is 2. The Hall–Kier alpha value is -1.39. The van der Waals surface area contributed by atoms with Crippen molar-refractivity contribution in [1.82, 2.24) is 5.32 Å². The Labute approximate surface area is 161 Å². The average molecular weight is 378 g/mol. The van der Waals surface area contributed by atoms with Crippen LogP contribution >= 0.6 is 11.6 Å². The summed E-state index contributed by atoms with van der Waals surface area (Å²) in [7, 11) is 0. The second kappa shape index (κ2) is 9.01. The zero-order valence-corrected chi connectivity index (χ0v) is 16.4. The van der Waals surface area contributed by atoms with Crippen molar-refractivity contribution in [2.75, 3.05) is 19.6 Å². The van der Waals surface area contributed by atoms with E-state index in [0.29, 0.717) is 23.5 Å². The van der Waals surface area contributed by atoms with Crippen LogP contribution < -0.4 is 10.2 Å². The van der Waals surface area contributed by atoms with Gasteiger partial charge < -0.3 is 10.2 Å². The summed E-state index contributed by atoms with van der Waals surface area (Å²) >= 11 is 5.90. The number of likely N-dealkylation sites (tertiary alicyclic amines) is 1. The van der Waals surface area contributed by atoms with Gasteiger partial charge in [0.1, 0.15) is 0 Å². The monoisotopic (exact) mass is 377 g/mol. The van der Waals surface area contributed by atoms with Crippen molar-refractivity contribution in [2.24, 2.45) is 11.8 Å². The number of carbonyl (C=O) groups excluding carboxylic acids is 2. The third-order valence-corrected chi connectivity index (χ3v) is 6.31. The highest BCUT2D eigenvalue weighted by Crippen LogP contribution is 2.23. The molecule has 1 aromatic carbocycles. The normalized spacial score (nSPS) is 29.2. The minimum absolute atomic E-state index is 0.0707. The number of ketones is 1. The van der Waals surface area contributed by atoms with Gasteiger partial charge >= 0.3 is 0 Å². The summed E-state index contributed by atoms with van der Waals surface area (Å²) in [5.41, 5.74) is 0.742. The molecule has 0 spiro atoms. The predicted octanol–water partition coefficient (Wildman–Crippen LogP) is 2.51. The number of hydrogen-bond donors (Lipinski definition) is 2. The maximum atomic E-state index is 12.6. The molecule has 1 aromatic rings. The molecule has 0 radical (unpaired) electrons. The molecule has 1 amide bonds. The molecule has 1 saturated carbocycles. The highest BCUT2D eigenvalue weighted by atomic mass is 35.5. The van der Waals surface area contributed by atoms with Gasteiger partial charge in [-0.1, -0.05) is 31.4 Å². The molecule has 2 N–H and O–H groups in total. The van der Waals surface area contributed by atoms with Crippen LogP contribution in [-0.4, -0.2) is 37.4 Å². The standard InChI is InChI=1S/C21H29ClN2O2/c1-15-4-2-3-5-19(15)23-20(25)14-24-12-10-17(11-13-24)21(26)16-6-8-18(22)9-7-16/h6-9,15,17,19H,2-5,10-14H2,1H3,(H,23,25)/p+1/t15-,19-/m0/s1. The zero-order valence-electron chi connectivity index (χ0n) is 15.6. The Bertz CT molecular complexity index is 623. The molecule has 1 heterocycles. The van der Waals surface area contributed by atoms with Gasteiger partial charge in [-0.3, -0.25) is 9.59 Å². The van der Waals surface area contributed by atoms with E-state index in [1.165, 1.54) is 24.2 Å². The number of rotatable bonds is 5. The van der Waals surface area contributed by atoms with Crippen LogP contribution in [0.25, 0.3) is 0 Å². The molecule has 26 heavy (non-hydrogen) atoms. The van der Waals surface area contributed by atoms with E-state index in [-0.39, 0.29) is 17.6 Å². The van der Waals surface area contributed by atoms with Gasteiger partial charge in [0.2, 0.25) is 0 Å². The van der Waals surface area contributed by atoms with Crippen LogP contribution in [0.15, 0.2) is 24.3 Å². The fourth-order valence-corrected chi connectivity index (χ4v) is 4.46. The second-order valence-electron chi connectivity index (χ2n) is 8.01. The summed E-state index contributed by atoms with van der Waals surface area (Å²) in [5, 5.41) is 3.89. The molecule has 1 saturated heterocycles.